The van der Waals surface area contributed by atoms with Crippen molar-refractivity contribution in [3.63, 3.8) is 0 Å². The van der Waals surface area contributed by atoms with Gasteiger partial charge in [-0.25, -0.2) is 15.0 Å². The van der Waals surface area contributed by atoms with Crippen LogP contribution in [0, 0.1) is 18.8 Å². The Morgan fingerprint density at radius 1 is 1.19 bits per heavy atom. The van der Waals surface area contributed by atoms with Gasteiger partial charge in [0.2, 0.25) is 0 Å². The number of alkyl halides is 3. The van der Waals surface area contributed by atoms with Crippen LogP contribution in [0.15, 0.2) is 4.99 Å². The van der Waals surface area contributed by atoms with Crippen molar-refractivity contribution in [2.24, 2.45) is 23.9 Å². The lowest BCUT2D eigenvalue weighted by atomic mass is 9.81. The number of hydrogen-bond acceptors (Lipinski definition) is 7. The van der Waals surface area contributed by atoms with E-state index in [1.807, 2.05) is 13.1 Å². The zero-order valence-corrected chi connectivity index (χ0v) is 21.6. The van der Waals surface area contributed by atoms with Crippen LogP contribution in [-0.4, -0.2) is 69.2 Å². The summed E-state index contributed by atoms with van der Waals surface area (Å²) >= 11 is 1.24. The van der Waals surface area contributed by atoms with Crippen LogP contribution >= 0.6 is 11.3 Å². The molecule has 1 aliphatic carbocycles. The van der Waals surface area contributed by atoms with Crippen LogP contribution in [0.4, 0.5) is 13.2 Å². The molecule has 198 valence electrons. The van der Waals surface area contributed by atoms with E-state index in [0.717, 1.165) is 81.0 Å². The van der Waals surface area contributed by atoms with Crippen molar-refractivity contribution in [3.05, 3.63) is 22.2 Å². The fraction of sp³-hybridized carbons (Fsp3) is 0.708. The normalized spacial score (nSPS) is 21.5. The van der Waals surface area contributed by atoms with Crippen molar-refractivity contribution >= 4 is 23.5 Å². The first kappa shape index (κ1) is 26.7. The highest BCUT2D eigenvalue weighted by Crippen LogP contribution is 2.32. The van der Waals surface area contributed by atoms with E-state index in [2.05, 4.69) is 25.0 Å². The minimum atomic E-state index is -4.35. The summed E-state index contributed by atoms with van der Waals surface area (Å²) in [6, 6.07) is 0. The van der Waals surface area contributed by atoms with Gasteiger partial charge in [-0.3, -0.25) is 9.48 Å². The molecule has 0 unspecified atom stereocenters. The van der Waals surface area contributed by atoms with Crippen LogP contribution in [-0.2, 0) is 31.1 Å². The molecule has 0 N–H and O–H groups in total. The molecule has 0 spiro atoms. The number of hydrogen-bond donors (Lipinski definition) is 0. The largest absolute Gasteiger partial charge is 0.460 e. The third-order valence-electron chi connectivity index (χ3n) is 6.95. The second-order valence-corrected chi connectivity index (χ2v) is 10.8. The van der Waals surface area contributed by atoms with Crippen molar-refractivity contribution in [2.75, 3.05) is 26.2 Å². The molecule has 36 heavy (non-hydrogen) atoms. The van der Waals surface area contributed by atoms with Crippen molar-refractivity contribution < 1.29 is 22.7 Å². The number of thiazole rings is 1. The topological polar surface area (TPSA) is 85.5 Å². The second kappa shape index (κ2) is 11.8. The lowest BCUT2D eigenvalue weighted by molar-refractivity contribution is -0.153. The Bertz CT molecular complexity index is 1010. The third kappa shape index (κ3) is 7.83. The molecule has 3 heterocycles. The van der Waals surface area contributed by atoms with Gasteiger partial charge in [-0.05, 0) is 63.8 Å². The molecule has 8 nitrogen and oxygen atoms in total. The van der Waals surface area contributed by atoms with Crippen LogP contribution in [0.5, 0.6) is 5.19 Å². The van der Waals surface area contributed by atoms with Gasteiger partial charge in [-0.15, -0.1) is 0 Å². The molecule has 0 aromatic carbocycles. The van der Waals surface area contributed by atoms with Gasteiger partial charge < -0.3 is 9.64 Å². The molecule has 0 atom stereocenters. The maximum absolute atomic E-state index is 12.4. The van der Waals surface area contributed by atoms with Gasteiger partial charge >= 0.3 is 6.18 Å². The Labute approximate surface area is 213 Å². The number of fused-ring (bicyclic) bond motifs is 1. The van der Waals surface area contributed by atoms with E-state index < -0.39 is 12.8 Å². The molecule has 2 aliphatic rings. The molecule has 1 amide bonds. The van der Waals surface area contributed by atoms with Gasteiger partial charge in [-0.1, -0.05) is 11.3 Å². The number of carbonyl (C=O) groups excluding carboxylic acids is 1. The number of nitrogens with zero attached hydrogens (tertiary/aromatic N) is 6. The molecule has 4 rings (SSSR count). The molecular formula is C24H33F3N6O2S. The zero-order chi connectivity index (χ0) is 25.7. The number of aryl methyl sites for hydroxylation is 2. The van der Waals surface area contributed by atoms with Crippen molar-refractivity contribution in [1.29, 1.82) is 0 Å². The molecule has 1 saturated carbocycles. The monoisotopic (exact) mass is 526 g/mol. The Balaban J connectivity index is 1.14. The molecule has 2 aromatic heterocycles. The number of aromatic nitrogens is 4. The van der Waals surface area contributed by atoms with Crippen molar-refractivity contribution in [3.8, 4) is 5.19 Å². The average molecular weight is 527 g/mol. The molecular weight excluding hydrogens is 493 g/mol. The number of halogens is 3. The molecule has 2 aromatic rings. The number of rotatable bonds is 8. The Morgan fingerprint density at radius 3 is 2.64 bits per heavy atom. The Kier molecular flexibility index (Phi) is 8.76. The molecule has 0 bridgehead atoms. The summed E-state index contributed by atoms with van der Waals surface area (Å²) in [4.78, 5) is 28.3. The molecule has 1 fully saturated rings. The average Bonchev–Trinajstić information content (AvgIpc) is 3.31. The standard InChI is InChI=1S/C24H33F3N6O2S/c1-16-29-21(31-32(16)2)13-22(34)28-14-18-5-3-17(4-6-18)7-10-33-11-8-19-20(9-12-33)36-23(30-19)35-15-24(25,26)27/h14,17-18H,3-13,15H2,1-2H3/b28-14-. The number of aliphatic imine (C=N–C) groups is 1. The predicted octanol–water partition coefficient (Wildman–Crippen LogP) is 3.96. The summed E-state index contributed by atoms with van der Waals surface area (Å²) in [5.41, 5.74) is 0.878. The summed E-state index contributed by atoms with van der Waals surface area (Å²) in [5, 5.41) is 4.33. The van der Waals surface area contributed by atoms with Crippen molar-refractivity contribution in [1.82, 2.24) is 24.6 Å². The van der Waals surface area contributed by atoms with E-state index in [4.69, 9.17) is 4.74 Å². The fourth-order valence-corrected chi connectivity index (χ4v) is 5.72. The summed E-state index contributed by atoms with van der Waals surface area (Å²) in [6.07, 6.45) is 4.64. The molecule has 0 radical (unpaired) electrons. The fourth-order valence-electron chi connectivity index (χ4n) is 4.78. The molecule has 0 saturated heterocycles. The molecule has 1 aliphatic heterocycles. The first-order valence-electron chi connectivity index (χ1n) is 12.5. The summed E-state index contributed by atoms with van der Waals surface area (Å²) in [6.45, 7) is 3.33. The summed E-state index contributed by atoms with van der Waals surface area (Å²) in [7, 11) is 1.80. The van der Waals surface area contributed by atoms with Crippen LogP contribution in [0.3, 0.4) is 0 Å². The number of carbonyl (C=O) groups is 1. The second-order valence-electron chi connectivity index (χ2n) is 9.71. The highest BCUT2D eigenvalue weighted by atomic mass is 32.1. The van der Waals surface area contributed by atoms with E-state index in [0.29, 0.717) is 17.7 Å². The summed E-state index contributed by atoms with van der Waals surface area (Å²) in [5.74, 6) is 2.10. The zero-order valence-electron chi connectivity index (χ0n) is 20.8. The van der Waals surface area contributed by atoms with Crippen LogP contribution in [0.25, 0.3) is 0 Å². The van der Waals surface area contributed by atoms with Gasteiger partial charge in [0, 0.05) is 37.6 Å². The number of amides is 1. The SMILES string of the molecule is Cc1nc(CC(=O)/N=C\C2CCC(CCN3CCc4nc(OCC(F)(F)F)sc4CC3)CC2)nn1C. The molecule has 12 heteroatoms. The van der Waals surface area contributed by atoms with Crippen LogP contribution < -0.4 is 4.74 Å². The van der Waals surface area contributed by atoms with E-state index >= 15 is 0 Å². The highest BCUT2D eigenvalue weighted by molar-refractivity contribution is 7.13. The first-order valence-corrected chi connectivity index (χ1v) is 13.3. The highest BCUT2D eigenvalue weighted by Gasteiger charge is 2.30. The van der Waals surface area contributed by atoms with Crippen LogP contribution in [0.1, 0.15) is 54.3 Å². The Hall–Kier alpha value is -2.34. The van der Waals surface area contributed by atoms with E-state index in [-0.39, 0.29) is 17.5 Å². The van der Waals surface area contributed by atoms with E-state index in [9.17, 15) is 18.0 Å². The minimum Gasteiger partial charge on any atom is -0.460 e. The van der Waals surface area contributed by atoms with Gasteiger partial charge in [0.1, 0.15) is 5.82 Å². The quantitative estimate of drug-likeness (QED) is 0.484. The van der Waals surface area contributed by atoms with Gasteiger partial charge in [0.15, 0.2) is 12.4 Å². The van der Waals surface area contributed by atoms with Crippen molar-refractivity contribution in [2.45, 2.75) is 64.5 Å². The summed E-state index contributed by atoms with van der Waals surface area (Å²) < 4.78 is 43.6. The number of ether oxygens (including phenoxy) is 1. The van der Waals surface area contributed by atoms with Gasteiger partial charge in [0.25, 0.3) is 11.1 Å². The lowest BCUT2D eigenvalue weighted by Crippen LogP contribution is -2.29. The maximum atomic E-state index is 12.4. The first-order chi connectivity index (χ1) is 17.1. The third-order valence-corrected chi connectivity index (χ3v) is 8.02. The lowest BCUT2D eigenvalue weighted by Gasteiger charge is -2.28. The smallest absolute Gasteiger partial charge is 0.422 e. The maximum Gasteiger partial charge on any atom is 0.422 e. The van der Waals surface area contributed by atoms with E-state index in [1.165, 1.54) is 11.3 Å². The predicted molar refractivity (Wildman–Crippen MR) is 131 cm³/mol. The van der Waals surface area contributed by atoms with Gasteiger partial charge in [0.05, 0.1) is 12.1 Å². The van der Waals surface area contributed by atoms with Gasteiger partial charge in [-0.2, -0.15) is 18.3 Å². The van der Waals surface area contributed by atoms with Crippen LogP contribution in [0.2, 0.25) is 0 Å². The Morgan fingerprint density at radius 2 is 1.94 bits per heavy atom. The van der Waals surface area contributed by atoms with E-state index in [1.54, 1.807) is 11.7 Å². The minimum absolute atomic E-state index is 0.122.